The second-order valence-corrected chi connectivity index (χ2v) is 6.40. The Labute approximate surface area is 84.0 Å². The van der Waals surface area contributed by atoms with Gasteiger partial charge in [-0.1, -0.05) is 20.8 Å². The van der Waals surface area contributed by atoms with E-state index >= 15 is 0 Å². The van der Waals surface area contributed by atoms with Crippen LogP contribution < -0.4 is 0 Å². The van der Waals surface area contributed by atoms with Crippen LogP contribution in [0.5, 0.6) is 0 Å². The molecular weight excluding hydrogens is 176 g/mol. The first-order chi connectivity index (χ1) is 6.47. The molecule has 1 saturated heterocycles. The second kappa shape index (κ2) is 1.56. The van der Waals surface area contributed by atoms with Crippen LogP contribution in [0.3, 0.4) is 0 Å². The molecule has 0 aromatic carbocycles. The molecule has 0 N–H and O–H groups in total. The van der Waals surface area contributed by atoms with Gasteiger partial charge in [-0.3, -0.25) is 4.79 Å². The third kappa shape index (κ3) is 0.368. The van der Waals surface area contributed by atoms with Crippen LogP contribution >= 0.6 is 0 Å². The maximum Gasteiger partial charge on any atom is 0.310 e. The van der Waals surface area contributed by atoms with Gasteiger partial charge in [0, 0.05) is 11.3 Å². The van der Waals surface area contributed by atoms with E-state index in [-0.39, 0.29) is 23.4 Å². The monoisotopic (exact) mass is 192 g/mol. The Kier molecular flexibility index (Phi) is 0.858. The summed E-state index contributed by atoms with van der Waals surface area (Å²) in [4.78, 5) is 11.7. The van der Waals surface area contributed by atoms with E-state index in [0.717, 1.165) is 0 Å². The van der Waals surface area contributed by atoms with Crippen LogP contribution in [0.25, 0.3) is 0 Å². The van der Waals surface area contributed by atoms with Crippen LogP contribution in [0, 0.1) is 28.1 Å². The molecule has 0 radical (unpaired) electrons. The average Bonchev–Trinajstić information content (AvgIpc) is 2.65. The van der Waals surface area contributed by atoms with Crippen LogP contribution in [0.1, 0.15) is 33.6 Å². The summed E-state index contributed by atoms with van der Waals surface area (Å²) >= 11 is 0. The lowest BCUT2D eigenvalue weighted by molar-refractivity contribution is -0.180. The maximum atomic E-state index is 11.7. The number of carbonyl (C=O) groups is 1. The van der Waals surface area contributed by atoms with Crippen molar-refractivity contribution in [3.05, 3.63) is 0 Å². The summed E-state index contributed by atoms with van der Waals surface area (Å²) < 4.78 is 5.54. The third-order valence-corrected chi connectivity index (χ3v) is 6.70. The highest BCUT2D eigenvalue weighted by atomic mass is 16.6. The van der Waals surface area contributed by atoms with Gasteiger partial charge in [-0.25, -0.2) is 0 Å². The van der Waals surface area contributed by atoms with Gasteiger partial charge < -0.3 is 4.74 Å². The highest BCUT2D eigenvalue weighted by Crippen LogP contribution is 2.89. The summed E-state index contributed by atoms with van der Waals surface area (Å²) in [6.07, 6.45) is 2.81. The van der Waals surface area contributed by atoms with Gasteiger partial charge in [-0.2, -0.15) is 0 Å². The average molecular weight is 192 g/mol. The predicted octanol–water partition coefficient (Wildman–Crippen LogP) is 1.98. The normalized spacial score (nSPS) is 72.2. The third-order valence-electron chi connectivity index (χ3n) is 6.70. The summed E-state index contributed by atoms with van der Waals surface area (Å²) in [5.41, 5.74) is 0.957. The van der Waals surface area contributed by atoms with Gasteiger partial charge in [-0.05, 0) is 23.7 Å². The molecule has 14 heavy (non-hydrogen) atoms. The van der Waals surface area contributed by atoms with E-state index in [4.69, 9.17) is 4.74 Å². The summed E-state index contributed by atoms with van der Waals surface area (Å²) in [6.45, 7) is 7.05. The predicted molar refractivity (Wildman–Crippen MR) is 50.4 cm³/mol. The number of rotatable bonds is 0. The molecule has 2 heteroatoms. The van der Waals surface area contributed by atoms with E-state index in [1.807, 2.05) is 0 Å². The fraction of sp³-hybridized carbons (Fsp3) is 0.917. The van der Waals surface area contributed by atoms with Gasteiger partial charge in [0.15, 0.2) is 0 Å². The molecule has 1 heterocycles. The summed E-state index contributed by atoms with van der Waals surface area (Å²) in [5, 5.41) is 0. The molecule has 0 spiro atoms. The smallest absolute Gasteiger partial charge is 0.310 e. The van der Waals surface area contributed by atoms with E-state index in [1.165, 1.54) is 12.8 Å². The Morgan fingerprint density at radius 3 is 2.43 bits per heavy atom. The Balaban J connectivity index is 2.01. The number of carbonyl (C=O) groups excluding carboxylic acids is 1. The standard InChI is InChI=1S/C12H16O2/c1-10-4-5-11(2)8-6(10)7(9(13)14-8)12(10,11)3/h6-8H,4-5H2,1-3H3/t6?,7?,8?,10-,11-,12+/m1/s1. The van der Waals surface area contributed by atoms with Crippen molar-refractivity contribution in [3.63, 3.8) is 0 Å². The van der Waals surface area contributed by atoms with Crippen LogP contribution in [-0.2, 0) is 9.53 Å². The fourth-order valence-corrected chi connectivity index (χ4v) is 5.67. The fourth-order valence-electron chi connectivity index (χ4n) is 5.67. The SMILES string of the molecule is C[C@]12C3C(=O)OC4C3[C@@]1(C)CC[C@]42C. The van der Waals surface area contributed by atoms with Crippen LogP contribution in [0.15, 0.2) is 0 Å². The van der Waals surface area contributed by atoms with Crippen molar-refractivity contribution in [3.8, 4) is 0 Å². The zero-order valence-corrected chi connectivity index (χ0v) is 8.96. The summed E-state index contributed by atoms with van der Waals surface area (Å²) in [7, 11) is 0. The largest absolute Gasteiger partial charge is 0.461 e. The van der Waals surface area contributed by atoms with E-state index in [1.54, 1.807) is 0 Å². The molecule has 2 nitrogen and oxygen atoms in total. The minimum atomic E-state index is 0.0966. The van der Waals surface area contributed by atoms with Crippen molar-refractivity contribution < 1.29 is 9.53 Å². The highest BCUT2D eigenvalue weighted by molar-refractivity contribution is 5.82. The van der Waals surface area contributed by atoms with Crippen molar-refractivity contribution in [2.24, 2.45) is 28.1 Å². The van der Waals surface area contributed by atoms with Gasteiger partial charge in [0.05, 0.1) is 5.92 Å². The summed E-state index contributed by atoms with van der Waals surface area (Å²) in [5.74, 6) is 0.892. The molecule has 6 bridgehead atoms. The van der Waals surface area contributed by atoms with Gasteiger partial charge in [0.2, 0.25) is 0 Å². The van der Waals surface area contributed by atoms with Crippen molar-refractivity contribution in [2.75, 3.05) is 0 Å². The molecule has 6 atom stereocenters. The lowest BCUT2D eigenvalue weighted by atomic mass is 9.44. The van der Waals surface area contributed by atoms with Crippen molar-refractivity contribution in [1.82, 2.24) is 0 Å². The Morgan fingerprint density at radius 1 is 1.21 bits per heavy atom. The van der Waals surface area contributed by atoms with Crippen molar-refractivity contribution in [2.45, 2.75) is 39.7 Å². The highest BCUT2D eigenvalue weighted by Gasteiger charge is 2.91. The molecule has 5 rings (SSSR count). The Bertz CT molecular complexity index is 377. The first-order valence-electron chi connectivity index (χ1n) is 5.67. The van der Waals surface area contributed by atoms with E-state index < -0.39 is 0 Å². The number of hydrogen-bond donors (Lipinski definition) is 0. The molecule has 5 aliphatic rings. The second-order valence-electron chi connectivity index (χ2n) is 6.40. The Morgan fingerprint density at radius 2 is 1.86 bits per heavy atom. The molecule has 1 aliphatic heterocycles. The molecule has 0 aromatic heterocycles. The molecule has 4 saturated carbocycles. The maximum absolute atomic E-state index is 11.7. The minimum Gasteiger partial charge on any atom is -0.461 e. The van der Waals surface area contributed by atoms with Crippen LogP contribution in [-0.4, -0.2) is 12.1 Å². The molecule has 4 aliphatic carbocycles. The molecule has 5 fully saturated rings. The van der Waals surface area contributed by atoms with E-state index in [0.29, 0.717) is 16.7 Å². The number of hydrogen-bond acceptors (Lipinski definition) is 2. The molecule has 76 valence electrons. The minimum absolute atomic E-state index is 0.0966. The lowest BCUT2D eigenvalue weighted by Gasteiger charge is -2.57. The van der Waals surface area contributed by atoms with Gasteiger partial charge in [0.1, 0.15) is 6.10 Å². The lowest BCUT2D eigenvalue weighted by Crippen LogP contribution is -2.58. The number of esters is 1. The molecule has 0 amide bonds. The van der Waals surface area contributed by atoms with E-state index in [9.17, 15) is 4.79 Å². The topological polar surface area (TPSA) is 26.3 Å². The summed E-state index contributed by atoms with van der Waals surface area (Å²) in [6, 6.07) is 0. The van der Waals surface area contributed by atoms with Crippen LogP contribution in [0.2, 0.25) is 0 Å². The van der Waals surface area contributed by atoms with Crippen LogP contribution in [0.4, 0.5) is 0 Å². The zero-order chi connectivity index (χ0) is 9.93. The molecular formula is C12H16O2. The van der Waals surface area contributed by atoms with Crippen molar-refractivity contribution in [1.29, 1.82) is 0 Å². The first kappa shape index (κ1) is 7.72. The quantitative estimate of drug-likeness (QED) is 0.549. The van der Waals surface area contributed by atoms with Gasteiger partial charge in [0.25, 0.3) is 0 Å². The molecule has 3 unspecified atom stereocenters. The van der Waals surface area contributed by atoms with Gasteiger partial charge in [-0.15, -0.1) is 0 Å². The first-order valence-corrected chi connectivity index (χ1v) is 5.67. The van der Waals surface area contributed by atoms with Crippen molar-refractivity contribution >= 4 is 5.97 Å². The zero-order valence-electron chi connectivity index (χ0n) is 8.96. The Hall–Kier alpha value is -0.530. The number of ether oxygens (including phenoxy) is 1. The van der Waals surface area contributed by atoms with Gasteiger partial charge >= 0.3 is 5.97 Å². The molecule has 0 aromatic rings. The van der Waals surface area contributed by atoms with E-state index in [2.05, 4.69) is 20.8 Å².